The van der Waals surface area contributed by atoms with Gasteiger partial charge in [-0.15, -0.1) is 0 Å². The summed E-state index contributed by atoms with van der Waals surface area (Å²) in [6, 6.07) is 0. The van der Waals surface area contributed by atoms with Crippen molar-refractivity contribution in [2.24, 2.45) is 0 Å². The van der Waals surface area contributed by atoms with Gasteiger partial charge in [-0.1, -0.05) is 0 Å². The summed E-state index contributed by atoms with van der Waals surface area (Å²) in [5, 5.41) is 37.5. The third-order valence-electron chi connectivity index (χ3n) is 0. The summed E-state index contributed by atoms with van der Waals surface area (Å²) in [5.41, 5.74) is 0. The molecule has 12 heteroatoms. The Kier molecular flexibility index (Phi) is 30800. The quantitative estimate of drug-likeness (QED) is 0.309. The minimum atomic E-state index is 0. The predicted octanol–water partition coefficient (Wildman–Crippen LogP) is -5.61. The van der Waals surface area contributed by atoms with E-state index < -0.39 is 0 Å². The maximum absolute atomic E-state index is 6.25. The van der Waals surface area contributed by atoms with Gasteiger partial charge in [0.15, 0.2) is 0 Å². The second-order valence-electron chi connectivity index (χ2n) is 0. The van der Waals surface area contributed by atoms with Crippen molar-refractivity contribution in [1.29, 1.82) is 31.6 Å². The molecule has 0 aromatic rings. The number of nitrogens with zero attached hydrogens (tertiary/aromatic N) is 6. The van der Waals surface area contributed by atoms with Gasteiger partial charge in [-0.25, -0.2) is 0 Å². The molecule has 96 valence electrons. The van der Waals surface area contributed by atoms with Crippen molar-refractivity contribution in [2.45, 2.75) is 0 Å². The number of hydrogen-bond donors (Lipinski definition) is 0. The van der Waals surface area contributed by atoms with Crippen LogP contribution in [0.3, 0.4) is 0 Å². The minimum Gasteiger partial charge on any atom is -1.00 e. The van der Waals surface area contributed by atoms with E-state index in [2.05, 4.69) is 0 Å². The monoisotopic (exact) mass is 324 g/mol. The van der Waals surface area contributed by atoms with Crippen LogP contribution >= 0.6 is 0 Å². The fraction of sp³-hybridized carbons (Fsp3) is 0. The molecule has 0 spiro atoms. The molecule has 0 aromatic carbocycles. The van der Waals surface area contributed by atoms with Crippen molar-refractivity contribution in [3.63, 3.8) is 0 Å². The van der Waals surface area contributed by atoms with Crippen LogP contribution in [0.4, 0.5) is 0 Å². The molecule has 0 aliphatic rings. The second-order valence-corrected chi connectivity index (χ2v) is 0. The van der Waals surface area contributed by atoms with Crippen molar-refractivity contribution in [2.75, 3.05) is 0 Å². The van der Waals surface area contributed by atoms with Gasteiger partial charge in [0.25, 0.3) is 0 Å². The Morgan fingerprint density at radius 3 is 0.389 bits per heavy atom. The SMILES string of the molecule is O.O.O.O.[C-]#N.[C-]#N.[C-]#N.[C-]#N.[C-]#N.[C-]#N.[Fe+6].[H-].[K+]. The molecular weight excluding hydrogens is 315 g/mol. The smallest absolute Gasteiger partial charge is 1.00 e. The largest absolute Gasteiger partial charge is 6.00 e. The molecule has 0 bridgehead atoms. The third-order valence-corrected chi connectivity index (χ3v) is 0. The van der Waals surface area contributed by atoms with Crippen molar-refractivity contribution in [3.8, 4) is 0 Å². The fourth-order valence-electron chi connectivity index (χ4n) is 0. The first kappa shape index (κ1) is 177. The first-order valence-electron chi connectivity index (χ1n) is 1.34. The van der Waals surface area contributed by atoms with Gasteiger partial charge in [-0.2, -0.15) is 0 Å². The van der Waals surface area contributed by atoms with Gasteiger partial charge in [-0.3, -0.25) is 0 Å². The van der Waals surface area contributed by atoms with E-state index in [0.29, 0.717) is 0 Å². The molecule has 0 heterocycles. The molecular formula is C6H9FeKN6O4. The van der Waals surface area contributed by atoms with E-state index in [-0.39, 0.29) is 91.8 Å². The Hall–Kier alpha value is -1.06. The summed E-state index contributed by atoms with van der Waals surface area (Å²) in [7, 11) is 0. The van der Waals surface area contributed by atoms with Crippen LogP contribution in [0, 0.1) is 71.0 Å². The van der Waals surface area contributed by atoms with Crippen LogP contribution in [0.25, 0.3) is 0 Å². The van der Waals surface area contributed by atoms with Crippen LogP contribution in [0.1, 0.15) is 1.43 Å². The van der Waals surface area contributed by atoms with E-state index in [9.17, 15) is 0 Å². The molecule has 0 amide bonds. The van der Waals surface area contributed by atoms with Crippen molar-refractivity contribution in [3.05, 3.63) is 39.4 Å². The number of hydrogen-bond acceptors (Lipinski definition) is 6. The van der Waals surface area contributed by atoms with E-state index >= 15 is 0 Å². The van der Waals surface area contributed by atoms with Gasteiger partial charge in [-0.05, 0) is 0 Å². The Morgan fingerprint density at radius 2 is 0.389 bits per heavy atom. The molecule has 0 unspecified atom stereocenters. The molecule has 0 saturated heterocycles. The Balaban J connectivity index is -0.00000000193. The molecule has 8 N–H and O–H groups in total. The van der Waals surface area contributed by atoms with Gasteiger partial charge >= 0.3 is 68.5 Å². The minimum absolute atomic E-state index is 0. The summed E-state index contributed by atoms with van der Waals surface area (Å²) in [6.45, 7) is 28.5. The molecule has 10 nitrogen and oxygen atoms in total. The van der Waals surface area contributed by atoms with Crippen LogP contribution in [0.2, 0.25) is 0 Å². The number of rotatable bonds is 0. The van der Waals surface area contributed by atoms with Gasteiger partial charge in [0.05, 0.1) is 0 Å². The zero-order valence-corrected chi connectivity index (χ0v) is 13.3. The fourth-order valence-corrected chi connectivity index (χ4v) is 0. The Morgan fingerprint density at radius 1 is 0.389 bits per heavy atom. The maximum atomic E-state index is 6.25. The van der Waals surface area contributed by atoms with Crippen LogP contribution in [-0.4, -0.2) is 21.9 Å². The molecule has 0 aliphatic carbocycles. The van der Waals surface area contributed by atoms with Crippen LogP contribution in [-0.2, 0) is 17.1 Å². The zero-order valence-electron chi connectivity index (χ0n) is 10.0. The topological polar surface area (TPSA) is 269 Å². The Bertz CT molecular complexity index is 117. The van der Waals surface area contributed by atoms with Crippen molar-refractivity contribution >= 4 is 0 Å². The summed E-state index contributed by atoms with van der Waals surface area (Å²) < 4.78 is 0. The normalized spacial score (nSPS) is 0.667. The van der Waals surface area contributed by atoms with Gasteiger partial charge < -0.3 is 94.3 Å². The molecule has 0 atom stereocenters. The summed E-state index contributed by atoms with van der Waals surface area (Å²) >= 11 is 0. The summed E-state index contributed by atoms with van der Waals surface area (Å²) in [5.74, 6) is 0. The van der Waals surface area contributed by atoms with E-state index in [0.717, 1.165) is 0 Å². The van der Waals surface area contributed by atoms with E-state index in [1.54, 1.807) is 0 Å². The average Bonchev–Trinajstić information content (AvgIpc) is 2.33. The predicted molar refractivity (Wildman–Crippen MR) is 45.4 cm³/mol. The summed E-state index contributed by atoms with van der Waals surface area (Å²) in [4.78, 5) is 0. The van der Waals surface area contributed by atoms with Crippen molar-refractivity contribution in [1.82, 2.24) is 0 Å². The zero-order chi connectivity index (χ0) is 12.0. The van der Waals surface area contributed by atoms with Crippen LogP contribution < -0.4 is 51.4 Å². The van der Waals surface area contributed by atoms with E-state index in [1.807, 2.05) is 0 Å². The van der Waals surface area contributed by atoms with Gasteiger partial charge in [0.1, 0.15) is 0 Å². The summed E-state index contributed by atoms with van der Waals surface area (Å²) in [6.07, 6.45) is 0. The first-order valence-corrected chi connectivity index (χ1v) is 1.34. The van der Waals surface area contributed by atoms with Crippen LogP contribution in [0.5, 0.6) is 0 Å². The standard InChI is InChI=1S/6CN.Fe.K.4H2O.H/c6*1-2;;;;;;;/h;;;;;;;;4*1H2;/q6*-1;+6;+1;;;;;-1. The van der Waals surface area contributed by atoms with Gasteiger partial charge in [0, 0.05) is 0 Å². The average molecular weight is 324 g/mol. The maximum Gasteiger partial charge on any atom is 6.00 e. The van der Waals surface area contributed by atoms with Gasteiger partial charge in [0.2, 0.25) is 0 Å². The molecule has 0 aromatic heterocycles. The molecule has 18 heavy (non-hydrogen) atoms. The van der Waals surface area contributed by atoms with Crippen molar-refractivity contribution < 1.29 is 91.8 Å². The second kappa shape index (κ2) is 3140. The molecule has 0 saturated carbocycles. The molecule has 0 rings (SSSR count). The van der Waals surface area contributed by atoms with Crippen LogP contribution in [0.15, 0.2) is 0 Å². The first-order chi connectivity index (χ1) is 6.00. The molecule has 0 aliphatic heterocycles. The molecule has 0 radical (unpaired) electrons. The third kappa shape index (κ3) is 2560. The van der Waals surface area contributed by atoms with E-state index in [1.165, 1.54) is 0 Å². The Labute approximate surface area is 161 Å². The molecule has 0 fully saturated rings. The van der Waals surface area contributed by atoms with E-state index in [4.69, 9.17) is 71.0 Å².